The molecule has 6 nitrogen and oxygen atoms in total. The van der Waals surface area contributed by atoms with E-state index in [1.165, 1.54) is 19.3 Å². The van der Waals surface area contributed by atoms with Crippen LogP contribution in [0.25, 0.3) is 11.4 Å². The van der Waals surface area contributed by atoms with Gasteiger partial charge < -0.3 is 10.2 Å². The Bertz CT molecular complexity index is 1380. The standard InChI is InChI=1S/C33H34N4O2/c1-37(29-18-9-4-10-19-29)33(39)27-17-11-16-26(21-27)31-34-22-28(23-35-31)32(38)36-30(25-14-7-3-8-15-25)20-24-12-5-2-6-13-24/h2-3,5-8,11-17,21-23,29-30H,4,9-10,18-20H2,1H3,(H,36,38)/t30-/m1/s1. The van der Waals surface area contributed by atoms with E-state index < -0.39 is 0 Å². The number of amides is 2. The van der Waals surface area contributed by atoms with Crippen molar-refractivity contribution in [1.29, 1.82) is 0 Å². The third kappa shape index (κ3) is 6.58. The average molecular weight is 519 g/mol. The second-order valence-electron chi connectivity index (χ2n) is 10.2. The van der Waals surface area contributed by atoms with Gasteiger partial charge >= 0.3 is 0 Å². The van der Waals surface area contributed by atoms with E-state index in [0.29, 0.717) is 29.4 Å². The fraction of sp³-hybridized carbons (Fsp3) is 0.273. The Kier molecular flexibility index (Phi) is 8.42. The van der Waals surface area contributed by atoms with E-state index in [0.717, 1.165) is 29.5 Å². The molecule has 1 saturated carbocycles. The molecule has 1 aliphatic carbocycles. The predicted molar refractivity (Wildman–Crippen MR) is 153 cm³/mol. The first-order chi connectivity index (χ1) is 19.1. The van der Waals surface area contributed by atoms with Crippen LogP contribution >= 0.6 is 0 Å². The van der Waals surface area contributed by atoms with Crippen LogP contribution in [0.4, 0.5) is 0 Å². The zero-order valence-electron chi connectivity index (χ0n) is 22.3. The van der Waals surface area contributed by atoms with E-state index >= 15 is 0 Å². The van der Waals surface area contributed by atoms with Crippen molar-refractivity contribution in [2.45, 2.75) is 50.6 Å². The van der Waals surface area contributed by atoms with E-state index in [4.69, 9.17) is 0 Å². The van der Waals surface area contributed by atoms with E-state index in [9.17, 15) is 9.59 Å². The van der Waals surface area contributed by atoms with Gasteiger partial charge in [0.25, 0.3) is 11.8 Å². The van der Waals surface area contributed by atoms with Gasteiger partial charge in [-0.25, -0.2) is 9.97 Å². The van der Waals surface area contributed by atoms with Crippen molar-refractivity contribution in [2.75, 3.05) is 7.05 Å². The second kappa shape index (κ2) is 12.5. The molecule has 3 aromatic carbocycles. The molecule has 1 fully saturated rings. The number of hydrogen-bond acceptors (Lipinski definition) is 4. The van der Waals surface area contributed by atoms with Gasteiger partial charge in [-0.3, -0.25) is 9.59 Å². The number of benzene rings is 3. The van der Waals surface area contributed by atoms with Crippen LogP contribution in [0.5, 0.6) is 0 Å². The lowest BCUT2D eigenvalue weighted by molar-refractivity contribution is 0.0696. The molecule has 0 unspecified atom stereocenters. The zero-order chi connectivity index (χ0) is 27.0. The molecule has 198 valence electrons. The fourth-order valence-electron chi connectivity index (χ4n) is 5.25. The summed E-state index contributed by atoms with van der Waals surface area (Å²) in [6.45, 7) is 0. The normalized spacial score (nSPS) is 14.4. The molecule has 0 bridgehead atoms. The molecule has 1 aromatic heterocycles. The quantitative estimate of drug-likeness (QED) is 0.299. The Morgan fingerprint density at radius 2 is 1.51 bits per heavy atom. The average Bonchev–Trinajstić information content (AvgIpc) is 3.01. The maximum Gasteiger partial charge on any atom is 0.254 e. The Balaban J connectivity index is 1.29. The molecule has 6 heteroatoms. The van der Waals surface area contributed by atoms with Crippen LogP contribution in [0.3, 0.4) is 0 Å². The van der Waals surface area contributed by atoms with Gasteiger partial charge in [0.2, 0.25) is 0 Å². The third-order valence-electron chi connectivity index (χ3n) is 7.51. The first-order valence-corrected chi connectivity index (χ1v) is 13.7. The van der Waals surface area contributed by atoms with Crippen molar-refractivity contribution in [3.8, 4) is 11.4 Å². The summed E-state index contributed by atoms with van der Waals surface area (Å²) in [6.07, 6.45) is 9.49. The van der Waals surface area contributed by atoms with E-state index in [2.05, 4.69) is 27.4 Å². The molecule has 0 radical (unpaired) electrons. The van der Waals surface area contributed by atoms with Crippen LogP contribution in [0.1, 0.15) is 70.0 Å². The van der Waals surface area contributed by atoms with Crippen LogP contribution in [0.2, 0.25) is 0 Å². The molecule has 0 aliphatic heterocycles. The second-order valence-corrected chi connectivity index (χ2v) is 10.2. The fourth-order valence-corrected chi connectivity index (χ4v) is 5.25. The number of hydrogen-bond donors (Lipinski definition) is 1. The number of rotatable bonds is 8. The molecule has 2 amide bonds. The Labute approximate surface area is 230 Å². The lowest BCUT2D eigenvalue weighted by atomic mass is 9.94. The summed E-state index contributed by atoms with van der Waals surface area (Å²) in [5.74, 6) is 0.264. The van der Waals surface area contributed by atoms with Crippen molar-refractivity contribution in [3.05, 3.63) is 120 Å². The number of nitrogens with zero attached hydrogens (tertiary/aromatic N) is 3. The smallest absolute Gasteiger partial charge is 0.254 e. The summed E-state index contributed by atoms with van der Waals surface area (Å²) in [5.41, 5.74) is 3.93. The number of nitrogens with one attached hydrogen (secondary N) is 1. The van der Waals surface area contributed by atoms with Gasteiger partial charge in [-0.1, -0.05) is 92.1 Å². The summed E-state index contributed by atoms with van der Waals surface area (Å²) >= 11 is 0. The minimum Gasteiger partial charge on any atom is -0.345 e. The number of carbonyl (C=O) groups is 2. The molecule has 0 spiro atoms. The maximum absolute atomic E-state index is 13.2. The number of carbonyl (C=O) groups excluding carboxylic acids is 2. The molecular formula is C33H34N4O2. The molecule has 0 saturated heterocycles. The highest BCUT2D eigenvalue weighted by Crippen LogP contribution is 2.24. The largest absolute Gasteiger partial charge is 0.345 e. The van der Waals surface area contributed by atoms with Gasteiger partial charge in [-0.15, -0.1) is 0 Å². The molecule has 1 N–H and O–H groups in total. The molecule has 1 heterocycles. The predicted octanol–water partition coefficient (Wildman–Crippen LogP) is 6.26. The van der Waals surface area contributed by atoms with E-state index in [-0.39, 0.29) is 17.9 Å². The van der Waals surface area contributed by atoms with Crippen LogP contribution in [0, 0.1) is 0 Å². The molecule has 4 aromatic rings. The van der Waals surface area contributed by atoms with Crippen LogP contribution in [-0.4, -0.2) is 39.8 Å². The first kappa shape index (κ1) is 26.3. The molecule has 39 heavy (non-hydrogen) atoms. The van der Waals surface area contributed by atoms with Crippen molar-refractivity contribution in [1.82, 2.24) is 20.2 Å². The lowest BCUT2D eigenvalue weighted by Gasteiger charge is -2.31. The highest BCUT2D eigenvalue weighted by molar-refractivity contribution is 5.95. The molecule has 1 aliphatic rings. The summed E-state index contributed by atoms with van der Waals surface area (Å²) in [4.78, 5) is 37.2. The molecular weight excluding hydrogens is 484 g/mol. The van der Waals surface area contributed by atoms with E-state index in [1.54, 1.807) is 12.4 Å². The van der Waals surface area contributed by atoms with Crippen LogP contribution in [-0.2, 0) is 6.42 Å². The SMILES string of the molecule is CN(C(=O)c1cccc(-c2ncc(C(=O)N[C@H](Cc3ccccc3)c3ccccc3)cn2)c1)C1CCCCC1. The maximum atomic E-state index is 13.2. The van der Waals surface area contributed by atoms with Gasteiger partial charge in [0.1, 0.15) is 0 Å². The van der Waals surface area contributed by atoms with Crippen molar-refractivity contribution < 1.29 is 9.59 Å². The van der Waals surface area contributed by atoms with E-state index in [1.807, 2.05) is 84.7 Å². The molecule has 1 atom stereocenters. The van der Waals surface area contributed by atoms with Gasteiger partial charge in [-0.2, -0.15) is 0 Å². The Hall–Kier alpha value is -4.32. The first-order valence-electron chi connectivity index (χ1n) is 13.7. The highest BCUT2D eigenvalue weighted by atomic mass is 16.2. The lowest BCUT2D eigenvalue weighted by Crippen LogP contribution is -2.38. The highest BCUT2D eigenvalue weighted by Gasteiger charge is 2.23. The summed E-state index contributed by atoms with van der Waals surface area (Å²) < 4.78 is 0. The summed E-state index contributed by atoms with van der Waals surface area (Å²) in [5, 5.41) is 3.16. The van der Waals surface area contributed by atoms with Crippen molar-refractivity contribution >= 4 is 11.8 Å². The minimum atomic E-state index is -0.232. The summed E-state index contributed by atoms with van der Waals surface area (Å²) in [6, 6.07) is 27.6. The van der Waals surface area contributed by atoms with Crippen LogP contribution < -0.4 is 5.32 Å². The van der Waals surface area contributed by atoms with Gasteiger partial charge in [0.05, 0.1) is 11.6 Å². The third-order valence-corrected chi connectivity index (χ3v) is 7.51. The van der Waals surface area contributed by atoms with Gasteiger partial charge in [0, 0.05) is 36.6 Å². The monoisotopic (exact) mass is 518 g/mol. The number of aromatic nitrogens is 2. The van der Waals surface area contributed by atoms with Crippen molar-refractivity contribution in [3.63, 3.8) is 0 Å². The van der Waals surface area contributed by atoms with Crippen LogP contribution in [0.15, 0.2) is 97.3 Å². The molecule has 5 rings (SSSR count). The van der Waals surface area contributed by atoms with Crippen molar-refractivity contribution in [2.24, 2.45) is 0 Å². The minimum absolute atomic E-state index is 0.0186. The Morgan fingerprint density at radius 3 is 2.21 bits per heavy atom. The van der Waals surface area contributed by atoms with Gasteiger partial charge in [-0.05, 0) is 42.5 Å². The van der Waals surface area contributed by atoms with Gasteiger partial charge in [0.15, 0.2) is 5.82 Å². The summed E-state index contributed by atoms with van der Waals surface area (Å²) in [7, 11) is 1.90. The Morgan fingerprint density at radius 1 is 0.846 bits per heavy atom. The zero-order valence-corrected chi connectivity index (χ0v) is 22.3. The topological polar surface area (TPSA) is 75.2 Å².